The van der Waals surface area contributed by atoms with Crippen LogP contribution in [-0.2, 0) is 9.05 Å². The maximum Gasteiger partial charge on any atom is 0.263 e. The molecule has 0 unspecified atom stereocenters. The van der Waals surface area contributed by atoms with Crippen molar-refractivity contribution in [3.63, 3.8) is 0 Å². The molecule has 0 aromatic heterocycles. The van der Waals surface area contributed by atoms with E-state index in [-0.39, 0.29) is 0 Å². The van der Waals surface area contributed by atoms with E-state index in [4.69, 9.17) is 32.5 Å². The summed E-state index contributed by atoms with van der Waals surface area (Å²) in [5.41, 5.74) is 0. The summed E-state index contributed by atoms with van der Waals surface area (Å²) in [4.78, 5) is -0.798. The van der Waals surface area contributed by atoms with E-state index >= 15 is 0 Å². The molecule has 0 amide bonds. The van der Waals surface area contributed by atoms with Gasteiger partial charge in [-0.15, -0.1) is 0 Å². The standard InChI is InChI=1S/C6H3Cl2FO4S/c7-4-3(14(8,12)13)1-2(9)5(10)6(4)11/h1,10-11H. The third-order valence-corrected chi connectivity index (χ3v) is 3.24. The third kappa shape index (κ3) is 1.87. The van der Waals surface area contributed by atoms with E-state index in [0.29, 0.717) is 6.07 Å². The van der Waals surface area contributed by atoms with Crippen molar-refractivity contribution in [3.05, 3.63) is 16.9 Å². The molecule has 0 bridgehead atoms. The van der Waals surface area contributed by atoms with Gasteiger partial charge in [0.05, 0.1) is 0 Å². The molecule has 14 heavy (non-hydrogen) atoms. The lowest BCUT2D eigenvalue weighted by Crippen LogP contribution is -1.94. The summed E-state index contributed by atoms with van der Waals surface area (Å²) in [5, 5.41) is 17.1. The molecule has 4 nitrogen and oxygen atoms in total. The first-order chi connectivity index (χ1) is 6.25. The molecule has 1 rings (SSSR count). The quantitative estimate of drug-likeness (QED) is 0.597. The normalized spacial score (nSPS) is 11.6. The minimum absolute atomic E-state index is 0.416. The first kappa shape index (κ1) is 11.4. The lowest BCUT2D eigenvalue weighted by Gasteiger charge is -2.05. The summed E-state index contributed by atoms with van der Waals surface area (Å²) in [6, 6.07) is 0.416. The Morgan fingerprint density at radius 3 is 2.21 bits per heavy atom. The summed E-state index contributed by atoms with van der Waals surface area (Å²) in [7, 11) is 0.622. The smallest absolute Gasteiger partial charge is 0.263 e. The van der Waals surface area contributed by atoms with Gasteiger partial charge in [-0.05, 0) is 6.07 Å². The van der Waals surface area contributed by atoms with Gasteiger partial charge in [0.15, 0.2) is 17.3 Å². The molecule has 0 saturated heterocycles. The van der Waals surface area contributed by atoms with E-state index < -0.39 is 36.3 Å². The van der Waals surface area contributed by atoms with E-state index in [2.05, 4.69) is 0 Å². The molecule has 78 valence electrons. The van der Waals surface area contributed by atoms with Gasteiger partial charge in [0.1, 0.15) is 9.92 Å². The summed E-state index contributed by atoms with van der Waals surface area (Å²) in [5.74, 6) is -3.52. The number of hydrogen-bond acceptors (Lipinski definition) is 4. The van der Waals surface area contributed by atoms with Crippen LogP contribution >= 0.6 is 22.3 Å². The Labute approximate surface area is 87.9 Å². The van der Waals surface area contributed by atoms with E-state index in [1.165, 1.54) is 0 Å². The molecule has 0 heterocycles. The first-order valence-corrected chi connectivity index (χ1v) is 5.78. The third-order valence-electron chi connectivity index (χ3n) is 1.40. The van der Waals surface area contributed by atoms with Crippen molar-refractivity contribution < 1.29 is 23.0 Å². The largest absolute Gasteiger partial charge is 0.503 e. The number of hydrogen-bond donors (Lipinski definition) is 2. The van der Waals surface area contributed by atoms with E-state index in [9.17, 15) is 12.8 Å². The molecule has 0 aliphatic carbocycles. The molecule has 0 aliphatic heterocycles. The average molecular weight is 261 g/mol. The topological polar surface area (TPSA) is 74.6 Å². The summed E-state index contributed by atoms with van der Waals surface area (Å²) in [6.07, 6.45) is 0. The fourth-order valence-electron chi connectivity index (χ4n) is 0.758. The molecule has 1 aromatic carbocycles. The van der Waals surface area contributed by atoms with Crippen LogP contribution in [0.25, 0.3) is 0 Å². The van der Waals surface area contributed by atoms with Crippen molar-refractivity contribution in [2.75, 3.05) is 0 Å². The van der Waals surface area contributed by atoms with E-state index in [1.54, 1.807) is 0 Å². The van der Waals surface area contributed by atoms with Gasteiger partial charge in [-0.3, -0.25) is 0 Å². The Bertz CT molecular complexity index is 485. The van der Waals surface area contributed by atoms with Gasteiger partial charge in [-0.2, -0.15) is 0 Å². The second-order valence-electron chi connectivity index (χ2n) is 2.31. The van der Waals surface area contributed by atoms with Crippen LogP contribution in [0.1, 0.15) is 0 Å². The van der Waals surface area contributed by atoms with Crippen molar-refractivity contribution in [3.8, 4) is 11.5 Å². The number of rotatable bonds is 1. The Morgan fingerprint density at radius 1 is 1.29 bits per heavy atom. The zero-order chi connectivity index (χ0) is 11.1. The van der Waals surface area contributed by atoms with Gasteiger partial charge >= 0.3 is 0 Å². The highest BCUT2D eigenvalue weighted by atomic mass is 35.7. The Kier molecular flexibility index (Phi) is 2.80. The van der Waals surface area contributed by atoms with Crippen molar-refractivity contribution in [1.82, 2.24) is 0 Å². The van der Waals surface area contributed by atoms with Crippen LogP contribution < -0.4 is 0 Å². The van der Waals surface area contributed by atoms with Gasteiger partial charge in [0.2, 0.25) is 0 Å². The lowest BCUT2D eigenvalue weighted by molar-refractivity contribution is 0.377. The number of halogens is 3. The predicted octanol–water partition coefficient (Wildman–Crippen LogP) is 1.82. The van der Waals surface area contributed by atoms with Crippen LogP contribution in [0.4, 0.5) is 4.39 Å². The van der Waals surface area contributed by atoms with Gasteiger partial charge in [-0.25, -0.2) is 12.8 Å². The molecule has 0 saturated carbocycles. The van der Waals surface area contributed by atoms with E-state index in [0.717, 1.165) is 0 Å². The summed E-state index contributed by atoms with van der Waals surface area (Å²) in [6.45, 7) is 0. The summed E-state index contributed by atoms with van der Waals surface area (Å²) < 4.78 is 34.3. The Balaban J connectivity index is 3.66. The van der Waals surface area contributed by atoms with Crippen LogP contribution in [0.5, 0.6) is 11.5 Å². The molecular weight excluding hydrogens is 258 g/mol. The maximum absolute atomic E-state index is 12.8. The molecule has 0 fully saturated rings. The second-order valence-corrected chi connectivity index (χ2v) is 5.22. The number of phenolic OH excluding ortho intramolecular Hbond substituents is 2. The predicted molar refractivity (Wildman–Crippen MR) is 47.8 cm³/mol. The van der Waals surface area contributed by atoms with Gasteiger partial charge in [0.25, 0.3) is 9.05 Å². The SMILES string of the molecule is O=S(=O)(Cl)c1cc(F)c(O)c(O)c1Cl. The fraction of sp³-hybridized carbons (Fsp3) is 0. The molecular formula is C6H3Cl2FO4S. The van der Waals surface area contributed by atoms with Crippen LogP contribution in [0.15, 0.2) is 11.0 Å². The molecule has 8 heteroatoms. The Morgan fingerprint density at radius 2 is 1.79 bits per heavy atom. The van der Waals surface area contributed by atoms with Gasteiger partial charge < -0.3 is 10.2 Å². The monoisotopic (exact) mass is 260 g/mol. The highest BCUT2D eigenvalue weighted by Crippen LogP contribution is 2.40. The molecule has 0 radical (unpaired) electrons. The maximum atomic E-state index is 12.8. The molecule has 0 aliphatic rings. The number of phenols is 2. The van der Waals surface area contributed by atoms with Gasteiger partial charge in [0, 0.05) is 10.7 Å². The van der Waals surface area contributed by atoms with Crippen LogP contribution in [0.3, 0.4) is 0 Å². The molecule has 2 N–H and O–H groups in total. The highest BCUT2D eigenvalue weighted by molar-refractivity contribution is 8.13. The van der Waals surface area contributed by atoms with Gasteiger partial charge in [-0.1, -0.05) is 11.6 Å². The minimum atomic E-state index is -4.27. The highest BCUT2D eigenvalue weighted by Gasteiger charge is 2.23. The van der Waals surface area contributed by atoms with Crippen LogP contribution in [0, 0.1) is 5.82 Å². The number of aromatic hydroxyl groups is 2. The number of benzene rings is 1. The van der Waals surface area contributed by atoms with Crippen molar-refractivity contribution in [2.45, 2.75) is 4.90 Å². The lowest BCUT2D eigenvalue weighted by atomic mass is 10.3. The fourth-order valence-corrected chi connectivity index (χ4v) is 2.25. The molecule has 0 spiro atoms. The Hall–Kier alpha value is -0.720. The molecule has 1 aromatic rings. The summed E-state index contributed by atoms with van der Waals surface area (Å²) >= 11 is 5.31. The van der Waals surface area contributed by atoms with Crippen LogP contribution in [0.2, 0.25) is 5.02 Å². The minimum Gasteiger partial charge on any atom is -0.503 e. The molecule has 0 atom stereocenters. The average Bonchev–Trinajstić information content (AvgIpc) is 2.06. The zero-order valence-electron chi connectivity index (χ0n) is 6.33. The zero-order valence-corrected chi connectivity index (χ0v) is 8.66. The van der Waals surface area contributed by atoms with Crippen molar-refractivity contribution in [1.29, 1.82) is 0 Å². The second kappa shape index (κ2) is 3.45. The van der Waals surface area contributed by atoms with E-state index in [1.807, 2.05) is 0 Å². The van der Waals surface area contributed by atoms with Crippen LogP contribution in [-0.4, -0.2) is 18.6 Å². The van der Waals surface area contributed by atoms with Crippen molar-refractivity contribution in [2.24, 2.45) is 0 Å². The first-order valence-electron chi connectivity index (χ1n) is 3.09. The van der Waals surface area contributed by atoms with Crippen molar-refractivity contribution >= 4 is 31.3 Å².